The molecule has 1 aliphatic rings. The van der Waals surface area contributed by atoms with Gasteiger partial charge < -0.3 is 34.6 Å². The maximum absolute atomic E-state index is 12.8. The van der Waals surface area contributed by atoms with E-state index in [0.29, 0.717) is 25.7 Å². The number of Topliss-reactive ketones (excluding diaryl/α,β-unsaturated/α-hetero) is 1. The lowest BCUT2D eigenvalue weighted by Crippen LogP contribution is -2.29. The van der Waals surface area contributed by atoms with Crippen molar-refractivity contribution in [1.82, 2.24) is 0 Å². The SMILES string of the molecule is CCCCCCCCCCCCCCCCCCCCCCCC(=O)OC[C@H](COP(=O)(O)O)OC(=O)CCCCC(=O)C[C@@H]1[C@@H](/C=C/[C@@H](O)CCCCC)[C@H](O)C[C@@H]1O. The molecule has 0 aromatic heterocycles. The molecule has 0 unspecified atom stereocenters. The van der Waals surface area contributed by atoms with Crippen LogP contribution in [0.3, 0.4) is 0 Å². The van der Waals surface area contributed by atoms with Gasteiger partial charge in [-0.05, 0) is 25.7 Å². The van der Waals surface area contributed by atoms with E-state index in [0.717, 1.165) is 38.5 Å². The Bertz CT molecular complexity index is 1160. The summed E-state index contributed by atoms with van der Waals surface area (Å²) in [6.07, 6.45) is 31.4. The molecule has 0 aromatic carbocycles. The molecule has 0 saturated heterocycles. The summed E-state index contributed by atoms with van der Waals surface area (Å²) in [6.45, 7) is 3.30. The van der Waals surface area contributed by atoms with Crippen LogP contribution < -0.4 is 0 Å². The number of carbonyl (C=O) groups is 3. The van der Waals surface area contributed by atoms with Crippen molar-refractivity contribution >= 4 is 25.5 Å². The van der Waals surface area contributed by atoms with Gasteiger partial charge in [0.05, 0.1) is 24.9 Å². The first-order valence-corrected chi connectivity index (χ1v) is 25.7. The zero-order valence-electron chi connectivity index (χ0n) is 37.7. The second kappa shape index (κ2) is 36.8. The maximum atomic E-state index is 12.8. The molecule has 1 rings (SSSR count). The van der Waals surface area contributed by atoms with E-state index in [1.165, 1.54) is 109 Å². The standard InChI is InChI=1S/C47H87O12P/c1-3-5-7-8-9-10-11-12-13-14-15-16-17-18-19-20-21-22-23-24-26-31-46(52)57-37-41(38-58-60(54,55)56)59-47(53)32-28-27-30-40(49)35-43-42(44(50)36-45(43)51)34-33-39(48)29-25-6-4-2/h33-34,39,41-45,48,50-51H,3-32,35-38H2,1-2H3,(H2,54,55,56)/b34-33+/t39-,41+,42+,43+,44+,45-/m0/s1. The number of esters is 2. The van der Waals surface area contributed by atoms with Crippen molar-refractivity contribution in [2.75, 3.05) is 13.2 Å². The first kappa shape index (κ1) is 56.4. The molecule has 0 spiro atoms. The third kappa shape index (κ3) is 32.1. The van der Waals surface area contributed by atoms with Gasteiger partial charge in [-0.2, -0.15) is 0 Å². The fourth-order valence-electron chi connectivity index (χ4n) is 8.08. The summed E-state index contributed by atoms with van der Waals surface area (Å²) in [5.41, 5.74) is 0. The van der Waals surface area contributed by atoms with E-state index in [-0.39, 0.29) is 37.9 Å². The molecular weight excluding hydrogens is 787 g/mol. The molecule has 1 fully saturated rings. The highest BCUT2D eigenvalue weighted by molar-refractivity contribution is 7.46. The molecular formula is C47H87O12P. The number of ether oxygens (including phenoxy) is 2. The first-order chi connectivity index (χ1) is 28.9. The monoisotopic (exact) mass is 875 g/mol. The summed E-state index contributed by atoms with van der Waals surface area (Å²) in [4.78, 5) is 56.0. The number of unbranched alkanes of at least 4 members (excludes halogenated alkanes) is 23. The molecule has 1 saturated carbocycles. The number of phosphoric ester groups is 1. The average Bonchev–Trinajstić information content (AvgIpc) is 3.47. The van der Waals surface area contributed by atoms with Crippen molar-refractivity contribution in [3.8, 4) is 0 Å². The molecule has 0 bridgehead atoms. The molecule has 13 heteroatoms. The fraction of sp³-hybridized carbons (Fsp3) is 0.894. The van der Waals surface area contributed by atoms with Crippen LogP contribution in [0.15, 0.2) is 12.2 Å². The average molecular weight is 875 g/mol. The Hall–Kier alpha value is -1.66. The number of phosphoric acid groups is 1. The Morgan fingerprint density at radius 2 is 1.07 bits per heavy atom. The minimum absolute atomic E-state index is 0.0658. The van der Waals surface area contributed by atoms with Crippen LogP contribution in [0.2, 0.25) is 0 Å². The highest BCUT2D eigenvalue weighted by Gasteiger charge is 2.41. The molecule has 6 atom stereocenters. The van der Waals surface area contributed by atoms with Crippen molar-refractivity contribution in [1.29, 1.82) is 0 Å². The van der Waals surface area contributed by atoms with E-state index < -0.39 is 69.2 Å². The molecule has 0 radical (unpaired) electrons. The van der Waals surface area contributed by atoms with Crippen LogP contribution in [0.25, 0.3) is 0 Å². The summed E-state index contributed by atoms with van der Waals surface area (Å²) in [5, 5.41) is 31.2. The molecule has 0 aromatic rings. The second-order valence-corrected chi connectivity index (χ2v) is 18.7. The third-order valence-corrected chi connectivity index (χ3v) is 12.3. The van der Waals surface area contributed by atoms with Crippen molar-refractivity contribution in [3.63, 3.8) is 0 Å². The Balaban J connectivity index is 2.20. The van der Waals surface area contributed by atoms with Gasteiger partial charge in [0, 0.05) is 43.9 Å². The maximum Gasteiger partial charge on any atom is 0.469 e. The zero-order valence-corrected chi connectivity index (χ0v) is 38.6. The second-order valence-electron chi connectivity index (χ2n) is 17.4. The third-order valence-electron chi connectivity index (χ3n) is 11.8. The van der Waals surface area contributed by atoms with Gasteiger partial charge in [-0.1, -0.05) is 174 Å². The van der Waals surface area contributed by atoms with E-state index in [2.05, 4.69) is 18.4 Å². The number of hydrogen-bond acceptors (Lipinski definition) is 10. The van der Waals surface area contributed by atoms with E-state index >= 15 is 0 Å². The minimum Gasteiger partial charge on any atom is -0.462 e. The fourth-order valence-corrected chi connectivity index (χ4v) is 8.44. The molecule has 0 amide bonds. The van der Waals surface area contributed by atoms with Gasteiger partial charge in [0.25, 0.3) is 0 Å². The molecule has 0 aliphatic heterocycles. The van der Waals surface area contributed by atoms with Crippen molar-refractivity contribution in [2.24, 2.45) is 11.8 Å². The molecule has 1 aliphatic carbocycles. The van der Waals surface area contributed by atoms with E-state index in [1.54, 1.807) is 12.2 Å². The van der Waals surface area contributed by atoms with Crippen LogP contribution in [0.5, 0.6) is 0 Å². The normalized spacial score (nSPS) is 19.2. The van der Waals surface area contributed by atoms with Crippen molar-refractivity contribution in [2.45, 2.75) is 244 Å². The van der Waals surface area contributed by atoms with Crippen LogP contribution >= 0.6 is 7.82 Å². The number of carbonyl (C=O) groups excluding carboxylic acids is 3. The van der Waals surface area contributed by atoms with E-state index in [9.17, 15) is 34.3 Å². The summed E-state index contributed by atoms with van der Waals surface area (Å²) in [5.74, 6) is -2.18. The van der Waals surface area contributed by atoms with Gasteiger partial charge in [-0.15, -0.1) is 0 Å². The Morgan fingerprint density at radius 1 is 0.617 bits per heavy atom. The summed E-state index contributed by atoms with van der Waals surface area (Å²) in [7, 11) is -4.86. The number of hydrogen-bond donors (Lipinski definition) is 5. The number of ketones is 1. The van der Waals surface area contributed by atoms with Crippen LogP contribution in [0, 0.1) is 11.8 Å². The first-order valence-electron chi connectivity index (χ1n) is 24.2. The molecule has 0 heterocycles. The summed E-state index contributed by atoms with van der Waals surface area (Å²) >= 11 is 0. The van der Waals surface area contributed by atoms with Crippen molar-refractivity contribution < 1.29 is 58.1 Å². The van der Waals surface area contributed by atoms with Crippen molar-refractivity contribution in [3.05, 3.63) is 12.2 Å². The molecule has 352 valence electrons. The number of rotatable bonds is 41. The summed E-state index contributed by atoms with van der Waals surface area (Å²) in [6, 6.07) is 0. The zero-order chi connectivity index (χ0) is 44.3. The van der Waals surface area contributed by atoms with Gasteiger partial charge in [-0.25, -0.2) is 4.57 Å². The van der Waals surface area contributed by atoms with Crippen LogP contribution in [0.1, 0.15) is 219 Å². The molecule has 60 heavy (non-hydrogen) atoms. The largest absolute Gasteiger partial charge is 0.469 e. The van der Waals surface area contributed by atoms with Gasteiger partial charge in [0.2, 0.25) is 0 Å². The van der Waals surface area contributed by atoms with Crippen LogP contribution in [-0.2, 0) is 32.9 Å². The molecule has 12 nitrogen and oxygen atoms in total. The topological polar surface area (TPSA) is 197 Å². The lowest BCUT2D eigenvalue weighted by molar-refractivity contribution is -0.161. The Kier molecular flexibility index (Phi) is 34.6. The van der Waals surface area contributed by atoms with Gasteiger partial charge in [0.1, 0.15) is 12.4 Å². The predicted octanol–water partition coefficient (Wildman–Crippen LogP) is 10.5. The summed E-state index contributed by atoms with van der Waals surface area (Å²) < 4.78 is 26.4. The van der Waals surface area contributed by atoms with Crippen LogP contribution in [0.4, 0.5) is 0 Å². The lowest BCUT2D eigenvalue weighted by atomic mass is 9.87. The highest BCUT2D eigenvalue weighted by Crippen LogP contribution is 2.37. The van der Waals surface area contributed by atoms with Gasteiger partial charge in [-0.3, -0.25) is 18.9 Å². The quantitative estimate of drug-likeness (QED) is 0.0169. The number of aliphatic hydroxyl groups is 3. The lowest BCUT2D eigenvalue weighted by Gasteiger charge is -2.20. The van der Waals surface area contributed by atoms with Gasteiger partial charge >= 0.3 is 19.8 Å². The minimum atomic E-state index is -4.86. The van der Waals surface area contributed by atoms with Crippen LogP contribution in [-0.4, -0.2) is 80.5 Å². The highest BCUT2D eigenvalue weighted by atomic mass is 31.2. The predicted molar refractivity (Wildman–Crippen MR) is 237 cm³/mol. The Morgan fingerprint density at radius 3 is 1.58 bits per heavy atom. The molecule has 5 N–H and O–H groups in total. The number of aliphatic hydroxyl groups excluding tert-OH is 3. The Labute approximate surface area is 363 Å². The van der Waals surface area contributed by atoms with E-state index in [4.69, 9.17) is 19.3 Å². The smallest absolute Gasteiger partial charge is 0.462 e. The van der Waals surface area contributed by atoms with E-state index in [1.807, 2.05) is 0 Å². The van der Waals surface area contributed by atoms with Gasteiger partial charge in [0.15, 0.2) is 6.10 Å².